The summed E-state index contributed by atoms with van der Waals surface area (Å²) in [6, 6.07) is 13.3. The summed E-state index contributed by atoms with van der Waals surface area (Å²) >= 11 is 0. The minimum atomic E-state index is -0.388. The number of nitrogens with zero attached hydrogens (tertiary/aromatic N) is 2. The summed E-state index contributed by atoms with van der Waals surface area (Å²) in [6.45, 7) is 2.63. The highest BCUT2D eigenvalue weighted by molar-refractivity contribution is 5.92. The average molecular weight is 385 g/mol. The lowest BCUT2D eigenvalue weighted by atomic mass is 10.1. The Balaban J connectivity index is 1.44. The highest BCUT2D eigenvalue weighted by atomic mass is 19.1. The van der Waals surface area contributed by atoms with Crippen LogP contribution in [0.5, 0.6) is 5.75 Å². The monoisotopic (exact) mass is 385 g/mol. The zero-order valence-corrected chi connectivity index (χ0v) is 15.9. The predicted molar refractivity (Wildman–Crippen MR) is 105 cm³/mol. The maximum atomic E-state index is 13.2. The first kappa shape index (κ1) is 19.8. The highest BCUT2D eigenvalue weighted by Gasteiger charge is 2.22. The summed E-state index contributed by atoms with van der Waals surface area (Å²) in [4.78, 5) is 28.5. The number of halogens is 1. The molecule has 1 heterocycles. The van der Waals surface area contributed by atoms with Gasteiger partial charge in [0.2, 0.25) is 11.8 Å². The molecule has 28 heavy (non-hydrogen) atoms. The molecule has 1 aliphatic heterocycles. The summed E-state index contributed by atoms with van der Waals surface area (Å²) in [7, 11) is 1.60. The van der Waals surface area contributed by atoms with E-state index in [0.717, 1.165) is 11.3 Å². The van der Waals surface area contributed by atoms with Gasteiger partial charge < -0.3 is 15.0 Å². The van der Waals surface area contributed by atoms with E-state index in [2.05, 4.69) is 5.32 Å². The van der Waals surface area contributed by atoms with E-state index in [9.17, 15) is 14.0 Å². The van der Waals surface area contributed by atoms with Gasteiger partial charge >= 0.3 is 0 Å². The number of piperazine rings is 1. The molecule has 1 aliphatic rings. The topological polar surface area (TPSA) is 61.9 Å². The third kappa shape index (κ3) is 5.53. The number of carbonyl (C=O) groups excluding carboxylic acids is 2. The number of hydrogen-bond acceptors (Lipinski definition) is 4. The van der Waals surface area contributed by atoms with E-state index in [4.69, 9.17) is 4.74 Å². The van der Waals surface area contributed by atoms with Crippen molar-refractivity contribution >= 4 is 17.5 Å². The largest absolute Gasteiger partial charge is 0.497 e. The molecule has 0 atom stereocenters. The second kappa shape index (κ2) is 9.32. The van der Waals surface area contributed by atoms with Crippen LogP contribution in [0.4, 0.5) is 10.1 Å². The van der Waals surface area contributed by atoms with Crippen LogP contribution in [0.1, 0.15) is 5.56 Å². The van der Waals surface area contributed by atoms with Crippen molar-refractivity contribution in [3.63, 3.8) is 0 Å². The van der Waals surface area contributed by atoms with Crippen LogP contribution in [-0.2, 0) is 16.0 Å². The fourth-order valence-electron chi connectivity index (χ4n) is 3.19. The zero-order valence-electron chi connectivity index (χ0n) is 15.9. The minimum Gasteiger partial charge on any atom is -0.497 e. The second-order valence-corrected chi connectivity index (χ2v) is 6.74. The van der Waals surface area contributed by atoms with Crippen molar-refractivity contribution in [1.29, 1.82) is 0 Å². The molecule has 0 unspecified atom stereocenters. The maximum absolute atomic E-state index is 13.2. The van der Waals surface area contributed by atoms with Crippen LogP contribution in [0.3, 0.4) is 0 Å². The lowest BCUT2D eigenvalue weighted by Gasteiger charge is -2.34. The van der Waals surface area contributed by atoms with Crippen LogP contribution in [0.2, 0.25) is 0 Å². The number of methoxy groups -OCH3 is 1. The molecule has 0 radical (unpaired) electrons. The van der Waals surface area contributed by atoms with Gasteiger partial charge in [-0.2, -0.15) is 0 Å². The summed E-state index contributed by atoms with van der Waals surface area (Å²) in [5.41, 5.74) is 1.36. The molecule has 0 saturated carbocycles. The van der Waals surface area contributed by atoms with Gasteiger partial charge in [-0.1, -0.05) is 18.2 Å². The zero-order chi connectivity index (χ0) is 19.9. The van der Waals surface area contributed by atoms with E-state index in [0.29, 0.717) is 38.3 Å². The Kier molecular flexibility index (Phi) is 6.60. The molecule has 0 aliphatic carbocycles. The Morgan fingerprint density at radius 1 is 1.07 bits per heavy atom. The van der Waals surface area contributed by atoms with Gasteiger partial charge in [0.1, 0.15) is 11.6 Å². The Bertz CT molecular complexity index is 835. The first-order chi connectivity index (χ1) is 13.5. The summed E-state index contributed by atoms with van der Waals surface area (Å²) < 4.78 is 18.4. The highest BCUT2D eigenvalue weighted by Crippen LogP contribution is 2.14. The van der Waals surface area contributed by atoms with Gasteiger partial charge in [0, 0.05) is 31.9 Å². The van der Waals surface area contributed by atoms with Gasteiger partial charge in [-0.05, 0) is 35.9 Å². The van der Waals surface area contributed by atoms with Gasteiger partial charge in [-0.15, -0.1) is 0 Å². The van der Waals surface area contributed by atoms with Crippen LogP contribution in [0, 0.1) is 5.82 Å². The number of ether oxygens (including phenoxy) is 1. The van der Waals surface area contributed by atoms with Crippen molar-refractivity contribution in [2.45, 2.75) is 6.42 Å². The molecular weight excluding hydrogens is 361 g/mol. The smallest absolute Gasteiger partial charge is 0.238 e. The molecule has 2 aromatic rings. The van der Waals surface area contributed by atoms with E-state index in [-0.39, 0.29) is 24.2 Å². The molecule has 0 aromatic heterocycles. The molecule has 0 spiro atoms. The molecule has 1 saturated heterocycles. The molecule has 1 fully saturated rings. The molecule has 1 N–H and O–H groups in total. The molecule has 148 valence electrons. The molecule has 6 nitrogen and oxygen atoms in total. The molecule has 7 heteroatoms. The van der Waals surface area contributed by atoms with E-state index in [1.807, 2.05) is 34.1 Å². The van der Waals surface area contributed by atoms with Crippen LogP contribution in [-0.4, -0.2) is 61.4 Å². The molecule has 2 amide bonds. The van der Waals surface area contributed by atoms with Gasteiger partial charge in [0.15, 0.2) is 0 Å². The normalized spacial score (nSPS) is 14.6. The van der Waals surface area contributed by atoms with Crippen molar-refractivity contribution in [3.05, 3.63) is 59.9 Å². The van der Waals surface area contributed by atoms with E-state index >= 15 is 0 Å². The van der Waals surface area contributed by atoms with E-state index in [1.54, 1.807) is 19.2 Å². The third-order valence-corrected chi connectivity index (χ3v) is 4.69. The Labute approximate surface area is 163 Å². The summed E-state index contributed by atoms with van der Waals surface area (Å²) in [5.74, 6) is 0.222. The van der Waals surface area contributed by atoms with E-state index in [1.165, 1.54) is 12.1 Å². The summed E-state index contributed by atoms with van der Waals surface area (Å²) in [5, 5.41) is 2.69. The van der Waals surface area contributed by atoms with Gasteiger partial charge in [-0.25, -0.2) is 4.39 Å². The van der Waals surface area contributed by atoms with E-state index < -0.39 is 0 Å². The van der Waals surface area contributed by atoms with Crippen LogP contribution in [0.25, 0.3) is 0 Å². The molecular formula is C21H24FN3O3. The predicted octanol–water partition coefficient (Wildman–Crippen LogP) is 2.16. The van der Waals surface area contributed by atoms with Crippen molar-refractivity contribution in [2.75, 3.05) is 45.2 Å². The van der Waals surface area contributed by atoms with Crippen LogP contribution in [0.15, 0.2) is 48.5 Å². The van der Waals surface area contributed by atoms with Crippen molar-refractivity contribution in [3.8, 4) is 5.75 Å². The SMILES string of the molecule is COc1cccc(CC(=O)N2CCN(CC(=O)Nc3cccc(F)c3)CC2)c1. The molecule has 2 aromatic carbocycles. The number of benzene rings is 2. The Morgan fingerprint density at radius 2 is 1.82 bits per heavy atom. The second-order valence-electron chi connectivity index (χ2n) is 6.74. The standard InChI is InChI=1S/C21H24FN3O3/c1-28-19-7-2-4-16(12-19)13-21(27)25-10-8-24(9-11-25)15-20(26)23-18-6-3-5-17(22)14-18/h2-7,12,14H,8-11,13,15H2,1H3,(H,23,26). The Hall–Kier alpha value is -2.93. The van der Waals surface area contributed by atoms with Crippen LogP contribution < -0.4 is 10.1 Å². The maximum Gasteiger partial charge on any atom is 0.238 e. The fraction of sp³-hybridized carbons (Fsp3) is 0.333. The third-order valence-electron chi connectivity index (χ3n) is 4.69. The van der Waals surface area contributed by atoms with Gasteiger partial charge in [0.05, 0.1) is 20.1 Å². The lowest BCUT2D eigenvalue weighted by Crippen LogP contribution is -2.50. The minimum absolute atomic E-state index is 0.0668. The number of hydrogen-bond donors (Lipinski definition) is 1. The molecule has 0 bridgehead atoms. The number of anilines is 1. The first-order valence-corrected chi connectivity index (χ1v) is 9.22. The fourth-order valence-corrected chi connectivity index (χ4v) is 3.19. The van der Waals surface area contributed by atoms with Crippen molar-refractivity contribution in [2.24, 2.45) is 0 Å². The number of rotatable bonds is 6. The first-order valence-electron chi connectivity index (χ1n) is 9.22. The van der Waals surface area contributed by atoms with Gasteiger partial charge in [0.25, 0.3) is 0 Å². The van der Waals surface area contributed by atoms with Crippen molar-refractivity contribution < 1.29 is 18.7 Å². The number of amides is 2. The van der Waals surface area contributed by atoms with Crippen molar-refractivity contribution in [1.82, 2.24) is 9.80 Å². The van der Waals surface area contributed by atoms with Gasteiger partial charge in [-0.3, -0.25) is 14.5 Å². The average Bonchev–Trinajstić information content (AvgIpc) is 2.68. The summed E-state index contributed by atoms with van der Waals surface area (Å²) in [6.07, 6.45) is 0.331. The number of carbonyl (C=O) groups is 2. The molecule has 3 rings (SSSR count). The quantitative estimate of drug-likeness (QED) is 0.828. The lowest BCUT2D eigenvalue weighted by molar-refractivity contribution is -0.132. The number of nitrogens with one attached hydrogen (secondary N) is 1. The van der Waals surface area contributed by atoms with Crippen LogP contribution >= 0.6 is 0 Å². The Morgan fingerprint density at radius 3 is 2.54 bits per heavy atom.